The van der Waals surface area contributed by atoms with Crippen molar-refractivity contribution < 1.29 is 0 Å². The predicted molar refractivity (Wildman–Crippen MR) is 81.1 cm³/mol. The van der Waals surface area contributed by atoms with Crippen molar-refractivity contribution in [3.05, 3.63) is 53.7 Å². The van der Waals surface area contributed by atoms with Crippen molar-refractivity contribution in [2.24, 2.45) is 0 Å². The summed E-state index contributed by atoms with van der Waals surface area (Å²) in [7, 11) is 0. The Morgan fingerprint density at radius 1 is 1.16 bits per heavy atom. The zero-order valence-corrected chi connectivity index (χ0v) is 11.8. The molecule has 0 atom stereocenters. The number of benzene rings is 1. The maximum atomic E-state index is 6.04. The third-order valence-electron chi connectivity index (χ3n) is 3.27. The Morgan fingerprint density at radius 2 is 1.89 bits per heavy atom. The van der Waals surface area contributed by atoms with Gasteiger partial charge in [0.25, 0.3) is 0 Å². The lowest BCUT2D eigenvalue weighted by Crippen LogP contribution is -2.31. The van der Waals surface area contributed by atoms with Gasteiger partial charge in [-0.05, 0) is 44.0 Å². The van der Waals surface area contributed by atoms with Crippen LogP contribution in [0.15, 0.2) is 42.6 Å². The summed E-state index contributed by atoms with van der Waals surface area (Å²) in [5, 5.41) is 0. The second-order valence-electron chi connectivity index (χ2n) is 5.06. The van der Waals surface area contributed by atoms with Gasteiger partial charge in [-0.25, -0.2) is 4.98 Å². The lowest BCUT2D eigenvalue weighted by atomic mass is 10.1. The third kappa shape index (κ3) is 3.05. The van der Waals surface area contributed by atoms with Crippen molar-refractivity contribution in [1.82, 2.24) is 4.98 Å². The van der Waals surface area contributed by atoms with E-state index in [1.54, 1.807) is 0 Å². The van der Waals surface area contributed by atoms with Crippen LogP contribution in [0.25, 0.3) is 0 Å². The Bertz CT molecular complexity index is 549. The first-order chi connectivity index (χ1) is 9.09. The van der Waals surface area contributed by atoms with E-state index in [1.807, 2.05) is 30.5 Å². The average Bonchev–Trinajstić information content (AvgIpc) is 2.38. The van der Waals surface area contributed by atoms with Crippen molar-refractivity contribution in [3.8, 4) is 0 Å². The van der Waals surface area contributed by atoms with Gasteiger partial charge in [0.05, 0.1) is 0 Å². The highest BCUT2D eigenvalue weighted by Crippen LogP contribution is 2.23. The van der Waals surface area contributed by atoms with Crippen molar-refractivity contribution in [2.45, 2.75) is 33.4 Å². The molecule has 3 nitrogen and oxygen atoms in total. The van der Waals surface area contributed by atoms with Gasteiger partial charge in [0, 0.05) is 24.5 Å². The minimum atomic E-state index is 0.369. The number of aryl methyl sites for hydroxylation is 1. The largest absolute Gasteiger partial charge is 0.398 e. The molecule has 0 spiro atoms. The van der Waals surface area contributed by atoms with Crippen LogP contribution >= 0.6 is 0 Å². The van der Waals surface area contributed by atoms with E-state index in [0.29, 0.717) is 6.04 Å². The van der Waals surface area contributed by atoms with E-state index < -0.39 is 0 Å². The van der Waals surface area contributed by atoms with Crippen molar-refractivity contribution in [2.75, 3.05) is 10.6 Å². The molecule has 1 heterocycles. The minimum Gasteiger partial charge on any atom is -0.398 e. The Hall–Kier alpha value is -2.03. The first-order valence-electron chi connectivity index (χ1n) is 6.61. The Kier molecular flexibility index (Phi) is 4.05. The van der Waals surface area contributed by atoms with E-state index in [1.165, 1.54) is 5.56 Å². The fourth-order valence-corrected chi connectivity index (χ4v) is 2.14. The molecule has 0 bridgehead atoms. The monoisotopic (exact) mass is 255 g/mol. The molecule has 0 saturated heterocycles. The topological polar surface area (TPSA) is 42.2 Å². The number of anilines is 2. The summed E-state index contributed by atoms with van der Waals surface area (Å²) in [5.74, 6) is 1.03. The molecule has 3 heteroatoms. The number of nitrogens with zero attached hydrogens (tertiary/aromatic N) is 2. The molecule has 0 aliphatic carbocycles. The van der Waals surface area contributed by atoms with Crippen LogP contribution in [-0.2, 0) is 6.54 Å². The van der Waals surface area contributed by atoms with E-state index in [-0.39, 0.29) is 0 Å². The lowest BCUT2D eigenvalue weighted by molar-refractivity contribution is 0.671. The molecule has 0 amide bonds. The SMILES string of the molecule is Cc1cccnc1N(Cc1ccccc1N)C(C)C. The van der Waals surface area contributed by atoms with E-state index in [9.17, 15) is 0 Å². The summed E-state index contributed by atoms with van der Waals surface area (Å²) >= 11 is 0. The second-order valence-corrected chi connectivity index (χ2v) is 5.06. The number of pyridine rings is 1. The fourth-order valence-electron chi connectivity index (χ4n) is 2.14. The average molecular weight is 255 g/mol. The summed E-state index contributed by atoms with van der Waals surface area (Å²) in [6.45, 7) is 7.22. The standard InChI is InChI=1S/C16H21N3/c1-12(2)19(16-13(3)7-6-10-18-16)11-14-8-4-5-9-15(14)17/h4-10,12H,11,17H2,1-3H3. The first kappa shape index (κ1) is 13.4. The van der Waals surface area contributed by atoms with Crippen LogP contribution in [0.2, 0.25) is 0 Å². The van der Waals surface area contributed by atoms with Crippen molar-refractivity contribution in [3.63, 3.8) is 0 Å². The molecule has 1 aromatic heterocycles. The predicted octanol–water partition coefficient (Wildman–Crippen LogP) is 3.39. The molecule has 0 aliphatic heterocycles. The van der Waals surface area contributed by atoms with Crippen LogP contribution in [0.4, 0.5) is 11.5 Å². The molecule has 19 heavy (non-hydrogen) atoms. The van der Waals surface area contributed by atoms with Gasteiger partial charge in [-0.3, -0.25) is 0 Å². The highest BCUT2D eigenvalue weighted by molar-refractivity contribution is 5.52. The fraction of sp³-hybridized carbons (Fsp3) is 0.312. The summed E-state index contributed by atoms with van der Waals surface area (Å²) in [5.41, 5.74) is 9.20. The summed E-state index contributed by atoms with van der Waals surface area (Å²) in [6.07, 6.45) is 1.84. The molecular weight excluding hydrogens is 234 g/mol. The lowest BCUT2D eigenvalue weighted by Gasteiger charge is -2.29. The highest BCUT2D eigenvalue weighted by atomic mass is 15.2. The quantitative estimate of drug-likeness (QED) is 0.851. The molecular formula is C16H21N3. The molecule has 0 fully saturated rings. The third-order valence-corrected chi connectivity index (χ3v) is 3.27. The summed E-state index contributed by atoms with van der Waals surface area (Å²) < 4.78 is 0. The van der Waals surface area contributed by atoms with Gasteiger partial charge >= 0.3 is 0 Å². The van der Waals surface area contributed by atoms with Crippen LogP contribution < -0.4 is 10.6 Å². The second kappa shape index (κ2) is 5.74. The number of aromatic nitrogens is 1. The van der Waals surface area contributed by atoms with Gasteiger partial charge in [0.2, 0.25) is 0 Å². The van der Waals surface area contributed by atoms with Crippen LogP contribution in [0, 0.1) is 6.92 Å². The summed E-state index contributed by atoms with van der Waals surface area (Å²) in [6, 6.07) is 12.4. The molecule has 2 N–H and O–H groups in total. The number of para-hydroxylation sites is 1. The smallest absolute Gasteiger partial charge is 0.131 e. The molecule has 1 aromatic carbocycles. The van der Waals surface area contributed by atoms with Crippen molar-refractivity contribution >= 4 is 11.5 Å². The van der Waals surface area contributed by atoms with Gasteiger partial charge in [-0.1, -0.05) is 24.3 Å². The first-order valence-corrected chi connectivity index (χ1v) is 6.61. The Labute approximate surface area is 115 Å². The molecule has 2 aromatic rings. The zero-order chi connectivity index (χ0) is 13.8. The normalized spacial score (nSPS) is 10.7. The Morgan fingerprint density at radius 3 is 2.53 bits per heavy atom. The Balaban J connectivity index is 2.33. The van der Waals surface area contributed by atoms with Crippen LogP contribution in [0.1, 0.15) is 25.0 Å². The van der Waals surface area contributed by atoms with Gasteiger partial charge in [-0.15, -0.1) is 0 Å². The maximum absolute atomic E-state index is 6.04. The van der Waals surface area contributed by atoms with Gasteiger partial charge in [0.15, 0.2) is 0 Å². The number of nitrogen functional groups attached to an aromatic ring is 1. The molecule has 0 saturated carbocycles. The van der Waals surface area contributed by atoms with E-state index in [0.717, 1.165) is 23.6 Å². The molecule has 2 rings (SSSR count). The number of rotatable bonds is 4. The number of nitrogens with two attached hydrogens (primary N) is 1. The van der Waals surface area contributed by atoms with Crippen LogP contribution in [0.3, 0.4) is 0 Å². The molecule has 0 unspecified atom stereocenters. The molecule has 0 radical (unpaired) electrons. The van der Waals surface area contributed by atoms with E-state index >= 15 is 0 Å². The zero-order valence-electron chi connectivity index (χ0n) is 11.8. The molecule has 100 valence electrons. The van der Waals surface area contributed by atoms with E-state index in [2.05, 4.69) is 42.8 Å². The molecule has 0 aliphatic rings. The van der Waals surface area contributed by atoms with Crippen molar-refractivity contribution in [1.29, 1.82) is 0 Å². The summed E-state index contributed by atoms with van der Waals surface area (Å²) in [4.78, 5) is 6.79. The van der Waals surface area contributed by atoms with Gasteiger partial charge in [0.1, 0.15) is 5.82 Å². The van der Waals surface area contributed by atoms with Crippen LogP contribution in [0.5, 0.6) is 0 Å². The van der Waals surface area contributed by atoms with Gasteiger partial charge < -0.3 is 10.6 Å². The number of hydrogen-bond donors (Lipinski definition) is 1. The van der Waals surface area contributed by atoms with E-state index in [4.69, 9.17) is 5.73 Å². The number of hydrogen-bond acceptors (Lipinski definition) is 3. The maximum Gasteiger partial charge on any atom is 0.131 e. The van der Waals surface area contributed by atoms with Crippen LogP contribution in [-0.4, -0.2) is 11.0 Å². The van der Waals surface area contributed by atoms with Gasteiger partial charge in [-0.2, -0.15) is 0 Å². The minimum absolute atomic E-state index is 0.369. The highest BCUT2D eigenvalue weighted by Gasteiger charge is 2.15.